The summed E-state index contributed by atoms with van der Waals surface area (Å²) >= 11 is 6.23. The van der Waals surface area contributed by atoms with Crippen molar-refractivity contribution >= 4 is 23.5 Å². The van der Waals surface area contributed by atoms with Crippen LogP contribution in [0.1, 0.15) is 29.4 Å². The molecule has 8 heteroatoms. The van der Waals surface area contributed by atoms with Crippen LogP contribution in [0.25, 0.3) is 5.69 Å². The highest BCUT2D eigenvalue weighted by Gasteiger charge is 2.22. The molecule has 0 radical (unpaired) electrons. The van der Waals surface area contributed by atoms with Crippen LogP contribution < -0.4 is 5.32 Å². The topological polar surface area (TPSA) is 73.2 Å². The maximum atomic E-state index is 13.0. The molecular weight excluding hydrogens is 337 g/mol. The molecule has 1 amide bonds. The minimum Gasteiger partial charge on any atom is -0.462 e. The van der Waals surface area contributed by atoms with E-state index in [1.54, 1.807) is 6.92 Å². The Morgan fingerprint density at radius 2 is 2.00 bits per heavy atom. The number of benzene rings is 1. The highest BCUT2D eigenvalue weighted by Crippen LogP contribution is 2.24. The van der Waals surface area contributed by atoms with Gasteiger partial charge in [0.15, 0.2) is 0 Å². The zero-order chi connectivity index (χ0) is 17.7. The molecule has 0 aliphatic rings. The number of nitrogens with one attached hydrogen (secondary N) is 1. The van der Waals surface area contributed by atoms with Crippen molar-refractivity contribution in [1.29, 1.82) is 0 Å². The summed E-state index contributed by atoms with van der Waals surface area (Å²) in [6, 6.07) is 5.58. The van der Waals surface area contributed by atoms with Gasteiger partial charge in [-0.2, -0.15) is 5.10 Å². The highest BCUT2D eigenvalue weighted by molar-refractivity contribution is 6.33. The smallest absolute Gasteiger partial charge is 0.343 e. The molecule has 1 aromatic carbocycles. The maximum absolute atomic E-state index is 13.0. The molecule has 0 saturated heterocycles. The lowest BCUT2D eigenvalue weighted by Gasteiger charge is -2.06. The molecule has 0 aliphatic carbocycles. The predicted octanol–water partition coefficient (Wildman–Crippen LogP) is 2.66. The van der Waals surface area contributed by atoms with Gasteiger partial charge in [-0.1, -0.05) is 11.6 Å². The van der Waals surface area contributed by atoms with Crippen molar-refractivity contribution in [1.82, 2.24) is 15.1 Å². The first-order chi connectivity index (χ1) is 11.4. The van der Waals surface area contributed by atoms with Gasteiger partial charge in [-0.05, 0) is 37.6 Å². The van der Waals surface area contributed by atoms with E-state index in [-0.39, 0.29) is 29.0 Å². The molecular formula is C16H17ClFN3O3. The van der Waals surface area contributed by atoms with Crippen LogP contribution in [0, 0.1) is 12.7 Å². The normalized spacial score (nSPS) is 10.5. The lowest BCUT2D eigenvalue weighted by molar-refractivity contribution is -0.118. The lowest BCUT2D eigenvalue weighted by Crippen LogP contribution is -2.22. The number of halogens is 2. The molecule has 1 heterocycles. The number of esters is 1. The van der Waals surface area contributed by atoms with E-state index in [4.69, 9.17) is 16.3 Å². The van der Waals surface area contributed by atoms with Crippen LogP contribution in [0.15, 0.2) is 24.3 Å². The van der Waals surface area contributed by atoms with Gasteiger partial charge in [0.2, 0.25) is 5.91 Å². The van der Waals surface area contributed by atoms with Crippen LogP contribution in [0.5, 0.6) is 0 Å². The highest BCUT2D eigenvalue weighted by atomic mass is 35.5. The molecule has 0 aliphatic heterocycles. The summed E-state index contributed by atoms with van der Waals surface area (Å²) in [7, 11) is 0. The average Bonchev–Trinajstić information content (AvgIpc) is 2.82. The van der Waals surface area contributed by atoms with Gasteiger partial charge in [-0.3, -0.25) is 4.79 Å². The minimum absolute atomic E-state index is 0.103. The van der Waals surface area contributed by atoms with Crippen molar-refractivity contribution < 1.29 is 18.7 Å². The fourth-order valence-corrected chi connectivity index (χ4v) is 2.41. The Morgan fingerprint density at radius 1 is 1.33 bits per heavy atom. The van der Waals surface area contributed by atoms with Crippen LogP contribution in [-0.4, -0.2) is 34.8 Å². The SMILES string of the molecule is CC(=O)NCCCOC(=O)c1c(C)nn(-c2ccc(F)cc2)c1Cl. The molecule has 1 N–H and O–H groups in total. The van der Waals surface area contributed by atoms with Gasteiger partial charge in [-0.25, -0.2) is 13.9 Å². The summed E-state index contributed by atoms with van der Waals surface area (Å²) in [6.45, 7) is 3.62. The Labute approximate surface area is 143 Å². The molecule has 0 saturated carbocycles. The van der Waals surface area contributed by atoms with Crippen molar-refractivity contribution in [3.8, 4) is 5.69 Å². The van der Waals surface area contributed by atoms with Gasteiger partial charge in [-0.15, -0.1) is 0 Å². The summed E-state index contributed by atoms with van der Waals surface area (Å²) in [4.78, 5) is 22.9. The van der Waals surface area contributed by atoms with Gasteiger partial charge in [0.05, 0.1) is 18.0 Å². The quantitative estimate of drug-likeness (QED) is 0.640. The van der Waals surface area contributed by atoms with E-state index in [0.29, 0.717) is 24.3 Å². The second-order valence-corrected chi connectivity index (χ2v) is 5.47. The molecule has 0 atom stereocenters. The number of hydrogen-bond donors (Lipinski definition) is 1. The largest absolute Gasteiger partial charge is 0.462 e. The zero-order valence-electron chi connectivity index (χ0n) is 13.3. The van der Waals surface area contributed by atoms with E-state index < -0.39 is 5.97 Å². The van der Waals surface area contributed by atoms with Crippen molar-refractivity contribution in [2.45, 2.75) is 20.3 Å². The van der Waals surface area contributed by atoms with E-state index in [1.165, 1.54) is 35.9 Å². The van der Waals surface area contributed by atoms with Crippen molar-refractivity contribution in [2.24, 2.45) is 0 Å². The van der Waals surface area contributed by atoms with Crippen molar-refractivity contribution in [3.63, 3.8) is 0 Å². The molecule has 0 bridgehead atoms. The van der Waals surface area contributed by atoms with Gasteiger partial charge < -0.3 is 10.1 Å². The molecule has 24 heavy (non-hydrogen) atoms. The van der Waals surface area contributed by atoms with Crippen LogP contribution in [0.3, 0.4) is 0 Å². The Hall–Kier alpha value is -2.41. The molecule has 1 aromatic heterocycles. The summed E-state index contributed by atoms with van der Waals surface area (Å²) in [5.74, 6) is -1.10. The number of rotatable bonds is 6. The second kappa shape index (κ2) is 7.92. The third-order valence-corrected chi connectivity index (χ3v) is 3.56. The number of carbonyl (C=O) groups is 2. The zero-order valence-corrected chi connectivity index (χ0v) is 14.1. The summed E-state index contributed by atoms with van der Waals surface area (Å²) in [5, 5.41) is 6.91. The van der Waals surface area contributed by atoms with Gasteiger partial charge in [0, 0.05) is 13.5 Å². The van der Waals surface area contributed by atoms with Gasteiger partial charge >= 0.3 is 5.97 Å². The molecule has 128 valence electrons. The number of amides is 1. The Morgan fingerprint density at radius 3 is 2.62 bits per heavy atom. The third kappa shape index (κ3) is 4.32. The summed E-state index contributed by atoms with van der Waals surface area (Å²) in [6.07, 6.45) is 0.494. The monoisotopic (exact) mass is 353 g/mol. The Bertz CT molecular complexity index is 744. The first-order valence-electron chi connectivity index (χ1n) is 7.32. The predicted molar refractivity (Wildman–Crippen MR) is 86.9 cm³/mol. The fraction of sp³-hybridized carbons (Fsp3) is 0.312. The molecule has 6 nitrogen and oxygen atoms in total. The van der Waals surface area contributed by atoms with E-state index in [0.717, 1.165) is 0 Å². The first-order valence-corrected chi connectivity index (χ1v) is 7.70. The Balaban J connectivity index is 2.06. The van der Waals surface area contributed by atoms with Gasteiger partial charge in [0.1, 0.15) is 16.5 Å². The number of aromatic nitrogens is 2. The first kappa shape index (κ1) is 17.9. The number of ether oxygens (including phenoxy) is 1. The maximum Gasteiger partial charge on any atom is 0.343 e. The van der Waals surface area contributed by atoms with E-state index >= 15 is 0 Å². The summed E-state index contributed by atoms with van der Waals surface area (Å²) < 4.78 is 19.5. The second-order valence-electron chi connectivity index (χ2n) is 5.11. The molecule has 0 spiro atoms. The van der Waals surface area contributed by atoms with E-state index in [9.17, 15) is 14.0 Å². The fourth-order valence-electron chi connectivity index (χ4n) is 2.06. The Kier molecular flexibility index (Phi) is 5.92. The minimum atomic E-state index is -0.589. The molecule has 0 unspecified atom stereocenters. The van der Waals surface area contributed by atoms with Crippen LogP contribution in [0.2, 0.25) is 5.15 Å². The van der Waals surface area contributed by atoms with E-state index in [2.05, 4.69) is 10.4 Å². The molecule has 2 aromatic rings. The lowest BCUT2D eigenvalue weighted by atomic mass is 10.2. The van der Waals surface area contributed by atoms with Crippen molar-refractivity contribution in [3.05, 3.63) is 46.5 Å². The number of aryl methyl sites for hydroxylation is 1. The third-order valence-electron chi connectivity index (χ3n) is 3.21. The molecule has 2 rings (SSSR count). The number of carbonyl (C=O) groups excluding carboxylic acids is 2. The van der Waals surface area contributed by atoms with Crippen LogP contribution >= 0.6 is 11.6 Å². The standard InChI is InChI=1S/C16H17ClFN3O3/c1-10-14(16(23)24-9-3-8-19-11(2)22)15(17)21(20-10)13-6-4-12(18)5-7-13/h4-7H,3,8-9H2,1-2H3,(H,19,22). The summed E-state index contributed by atoms with van der Waals surface area (Å²) in [5.41, 5.74) is 1.12. The molecule has 0 fully saturated rings. The average molecular weight is 354 g/mol. The van der Waals surface area contributed by atoms with Crippen molar-refractivity contribution in [2.75, 3.05) is 13.2 Å². The van der Waals surface area contributed by atoms with Crippen LogP contribution in [-0.2, 0) is 9.53 Å². The van der Waals surface area contributed by atoms with Crippen LogP contribution in [0.4, 0.5) is 4.39 Å². The van der Waals surface area contributed by atoms with Gasteiger partial charge in [0.25, 0.3) is 0 Å². The van der Waals surface area contributed by atoms with E-state index in [1.807, 2.05) is 0 Å². The number of nitrogens with zero attached hydrogens (tertiary/aromatic N) is 2. The number of hydrogen-bond acceptors (Lipinski definition) is 4.